The monoisotopic (exact) mass is 283 g/mol. The summed E-state index contributed by atoms with van der Waals surface area (Å²) >= 11 is 0. The Morgan fingerprint density at radius 1 is 1.26 bits per heavy atom. The lowest BCUT2D eigenvalue weighted by Gasteiger charge is -2.26. The van der Waals surface area contributed by atoms with E-state index in [0.717, 1.165) is 39.3 Å². The van der Waals surface area contributed by atoms with Crippen LogP contribution in [0.2, 0.25) is 0 Å². The first-order valence-corrected chi connectivity index (χ1v) is 7.93. The van der Waals surface area contributed by atoms with Gasteiger partial charge in [-0.25, -0.2) is 13.1 Å². The standard InChI is InChI=1S/C13H19N2O3S/c16-19(17,13-5-2-1-3-6-13)14-7-4-8-15-9-11-18-12-10-15/h2-3,5-6,14H,4,7-12H2. The minimum atomic E-state index is -3.38. The number of hydrogen-bond donors (Lipinski definition) is 1. The fourth-order valence-corrected chi connectivity index (χ4v) is 3.04. The lowest BCUT2D eigenvalue weighted by molar-refractivity contribution is 0.0376. The summed E-state index contributed by atoms with van der Waals surface area (Å²) in [4.78, 5) is 2.58. The second-order valence-corrected chi connectivity index (χ2v) is 6.21. The number of rotatable bonds is 6. The van der Waals surface area contributed by atoms with Crippen LogP contribution in [0.1, 0.15) is 6.42 Å². The topological polar surface area (TPSA) is 58.6 Å². The summed E-state index contributed by atoms with van der Waals surface area (Å²) in [5.74, 6) is 0. The van der Waals surface area contributed by atoms with E-state index in [1.165, 1.54) is 0 Å². The van der Waals surface area contributed by atoms with Crippen LogP contribution in [-0.4, -0.2) is 52.7 Å². The van der Waals surface area contributed by atoms with Crippen molar-refractivity contribution in [3.8, 4) is 0 Å². The molecule has 0 amide bonds. The second kappa shape index (κ2) is 7.00. The van der Waals surface area contributed by atoms with Crippen LogP contribution in [0, 0.1) is 6.07 Å². The average Bonchev–Trinajstić information content (AvgIpc) is 2.46. The summed E-state index contributed by atoms with van der Waals surface area (Å²) < 4.78 is 31.7. The predicted octanol–water partition coefficient (Wildman–Crippen LogP) is 0.487. The van der Waals surface area contributed by atoms with Crippen molar-refractivity contribution < 1.29 is 13.2 Å². The molecule has 0 spiro atoms. The minimum Gasteiger partial charge on any atom is -0.379 e. The van der Waals surface area contributed by atoms with Gasteiger partial charge < -0.3 is 4.74 Å². The van der Waals surface area contributed by atoms with E-state index in [4.69, 9.17) is 4.74 Å². The van der Waals surface area contributed by atoms with E-state index in [1.54, 1.807) is 24.3 Å². The summed E-state index contributed by atoms with van der Waals surface area (Å²) in [6.45, 7) is 4.76. The number of sulfonamides is 1. The van der Waals surface area contributed by atoms with Gasteiger partial charge in [0.25, 0.3) is 0 Å². The van der Waals surface area contributed by atoms with Gasteiger partial charge in [-0.2, -0.15) is 0 Å². The number of nitrogens with zero attached hydrogens (tertiary/aromatic N) is 1. The van der Waals surface area contributed by atoms with E-state index in [2.05, 4.69) is 15.7 Å². The van der Waals surface area contributed by atoms with Gasteiger partial charge in [0, 0.05) is 19.6 Å². The first-order chi connectivity index (χ1) is 9.18. The van der Waals surface area contributed by atoms with Crippen LogP contribution >= 0.6 is 0 Å². The Morgan fingerprint density at radius 3 is 2.63 bits per heavy atom. The molecule has 0 bridgehead atoms. The average molecular weight is 283 g/mol. The van der Waals surface area contributed by atoms with E-state index < -0.39 is 10.0 Å². The highest BCUT2D eigenvalue weighted by Gasteiger charge is 2.13. The molecule has 1 N–H and O–H groups in total. The molecule has 1 aromatic rings. The zero-order chi connectivity index (χ0) is 13.6. The minimum absolute atomic E-state index is 0.289. The lowest BCUT2D eigenvalue weighted by atomic mass is 10.3. The predicted molar refractivity (Wildman–Crippen MR) is 72.3 cm³/mol. The van der Waals surface area contributed by atoms with E-state index >= 15 is 0 Å². The van der Waals surface area contributed by atoms with Crippen molar-refractivity contribution in [2.75, 3.05) is 39.4 Å². The highest BCUT2D eigenvalue weighted by molar-refractivity contribution is 7.89. The molecule has 0 atom stereocenters. The summed E-state index contributed by atoms with van der Waals surface area (Å²) in [5, 5.41) is 0. The van der Waals surface area contributed by atoms with Gasteiger partial charge in [-0.1, -0.05) is 12.1 Å². The Balaban J connectivity index is 1.73. The van der Waals surface area contributed by atoms with Crippen molar-refractivity contribution in [2.45, 2.75) is 11.3 Å². The smallest absolute Gasteiger partial charge is 0.240 e. The van der Waals surface area contributed by atoms with Crippen LogP contribution in [0.4, 0.5) is 0 Å². The van der Waals surface area contributed by atoms with Crippen LogP contribution in [-0.2, 0) is 14.8 Å². The molecule has 1 aliphatic rings. The van der Waals surface area contributed by atoms with Gasteiger partial charge in [-0.05, 0) is 31.2 Å². The molecule has 1 radical (unpaired) electrons. The summed E-state index contributed by atoms with van der Waals surface area (Å²) in [6.07, 6.45) is 0.804. The third-order valence-electron chi connectivity index (χ3n) is 3.04. The molecular weight excluding hydrogens is 264 g/mol. The van der Waals surface area contributed by atoms with Crippen LogP contribution in [0.3, 0.4) is 0 Å². The lowest BCUT2D eigenvalue weighted by Crippen LogP contribution is -2.38. The number of morpholine rings is 1. The van der Waals surface area contributed by atoms with E-state index in [1.807, 2.05) is 0 Å². The van der Waals surface area contributed by atoms with Crippen molar-refractivity contribution in [3.63, 3.8) is 0 Å². The van der Waals surface area contributed by atoms with E-state index in [0.29, 0.717) is 6.54 Å². The van der Waals surface area contributed by atoms with Crippen LogP contribution in [0.5, 0.6) is 0 Å². The number of nitrogens with one attached hydrogen (secondary N) is 1. The van der Waals surface area contributed by atoms with Crippen molar-refractivity contribution in [1.82, 2.24) is 9.62 Å². The molecule has 1 saturated heterocycles. The zero-order valence-corrected chi connectivity index (χ0v) is 11.7. The van der Waals surface area contributed by atoms with E-state index in [9.17, 15) is 8.42 Å². The number of benzene rings is 1. The zero-order valence-electron chi connectivity index (χ0n) is 10.8. The first kappa shape index (κ1) is 14.5. The molecule has 6 heteroatoms. The third kappa shape index (κ3) is 4.58. The van der Waals surface area contributed by atoms with Crippen LogP contribution < -0.4 is 4.72 Å². The maximum absolute atomic E-state index is 11.9. The Morgan fingerprint density at radius 2 is 1.95 bits per heavy atom. The van der Waals surface area contributed by atoms with Gasteiger partial charge in [0.15, 0.2) is 0 Å². The second-order valence-electron chi connectivity index (χ2n) is 4.44. The van der Waals surface area contributed by atoms with Gasteiger partial charge in [0.2, 0.25) is 10.0 Å². The van der Waals surface area contributed by atoms with Gasteiger partial charge in [0.1, 0.15) is 0 Å². The molecule has 1 heterocycles. The summed E-state index contributed by atoms with van der Waals surface area (Å²) in [7, 11) is -3.38. The van der Waals surface area contributed by atoms with Gasteiger partial charge in [0.05, 0.1) is 18.1 Å². The molecule has 5 nitrogen and oxygen atoms in total. The number of ether oxygens (including phenoxy) is 1. The SMILES string of the molecule is O=S(=O)(NCCCN1CCOCC1)c1cc[c]cc1. The summed E-state index contributed by atoms with van der Waals surface area (Å²) in [5.41, 5.74) is 0. The molecule has 19 heavy (non-hydrogen) atoms. The first-order valence-electron chi connectivity index (χ1n) is 6.44. The van der Waals surface area contributed by atoms with Gasteiger partial charge in [-0.3, -0.25) is 4.90 Å². The largest absolute Gasteiger partial charge is 0.379 e. The highest BCUT2D eigenvalue weighted by Crippen LogP contribution is 2.06. The molecule has 105 valence electrons. The van der Waals surface area contributed by atoms with Crippen molar-refractivity contribution >= 4 is 10.0 Å². The molecule has 1 fully saturated rings. The molecule has 0 aromatic heterocycles. The van der Waals surface area contributed by atoms with Gasteiger partial charge >= 0.3 is 0 Å². The maximum atomic E-state index is 11.9. The van der Waals surface area contributed by atoms with Gasteiger partial charge in [-0.15, -0.1) is 0 Å². The van der Waals surface area contributed by atoms with Crippen molar-refractivity contribution in [3.05, 3.63) is 30.3 Å². The quantitative estimate of drug-likeness (QED) is 0.772. The normalized spacial score (nSPS) is 17.5. The van der Waals surface area contributed by atoms with Crippen LogP contribution in [0.25, 0.3) is 0 Å². The summed E-state index contributed by atoms with van der Waals surface area (Å²) in [6, 6.07) is 9.10. The van der Waals surface area contributed by atoms with Crippen LogP contribution in [0.15, 0.2) is 29.2 Å². The Hall–Kier alpha value is -0.950. The molecule has 0 saturated carbocycles. The van der Waals surface area contributed by atoms with E-state index in [-0.39, 0.29) is 4.90 Å². The number of hydrogen-bond acceptors (Lipinski definition) is 4. The Kier molecular flexibility index (Phi) is 5.33. The van der Waals surface area contributed by atoms with Crippen molar-refractivity contribution in [1.29, 1.82) is 0 Å². The molecule has 2 rings (SSSR count). The Bertz CT molecular complexity index is 470. The molecule has 0 unspecified atom stereocenters. The molecule has 1 aliphatic heterocycles. The fourth-order valence-electron chi connectivity index (χ4n) is 1.97. The maximum Gasteiger partial charge on any atom is 0.240 e. The molecular formula is C13H19N2O3S. The molecule has 0 aliphatic carbocycles. The highest BCUT2D eigenvalue weighted by atomic mass is 32.2. The van der Waals surface area contributed by atoms with Crippen molar-refractivity contribution in [2.24, 2.45) is 0 Å². The molecule has 1 aromatic carbocycles. The third-order valence-corrected chi connectivity index (χ3v) is 4.52. The Labute approximate surface area is 114 Å². The fraction of sp³-hybridized carbons (Fsp3) is 0.538.